The molecule has 0 saturated carbocycles. The van der Waals surface area contributed by atoms with Crippen LogP contribution in [-0.2, 0) is 0 Å². The van der Waals surface area contributed by atoms with E-state index in [1.54, 1.807) is 6.07 Å². The summed E-state index contributed by atoms with van der Waals surface area (Å²) < 4.78 is 0. The summed E-state index contributed by atoms with van der Waals surface area (Å²) in [4.78, 5) is 0. The fourth-order valence-electron chi connectivity index (χ4n) is 2.25. The lowest BCUT2D eigenvalue weighted by Gasteiger charge is -2.24. The molecule has 15 heavy (non-hydrogen) atoms. The molecule has 1 heterocycles. The SMILES string of the molecule is Cc1cc(O)c(C2CCNCC2)c(Cl)c1. The van der Waals surface area contributed by atoms with E-state index in [1.165, 1.54) is 0 Å². The molecular weight excluding hydrogens is 210 g/mol. The van der Waals surface area contributed by atoms with Gasteiger partial charge < -0.3 is 10.4 Å². The number of aryl methyl sites for hydroxylation is 1. The number of phenolic OH excluding ortho intramolecular Hbond substituents is 1. The van der Waals surface area contributed by atoms with E-state index < -0.39 is 0 Å². The van der Waals surface area contributed by atoms with Crippen molar-refractivity contribution in [2.24, 2.45) is 0 Å². The lowest BCUT2D eigenvalue weighted by molar-refractivity contribution is 0.424. The molecule has 2 nitrogen and oxygen atoms in total. The first kappa shape index (κ1) is 10.8. The summed E-state index contributed by atoms with van der Waals surface area (Å²) in [5.74, 6) is 0.756. The Morgan fingerprint density at radius 3 is 2.60 bits per heavy atom. The van der Waals surface area contributed by atoms with Crippen LogP contribution in [0.4, 0.5) is 0 Å². The minimum absolute atomic E-state index is 0.354. The molecule has 2 N–H and O–H groups in total. The smallest absolute Gasteiger partial charge is 0.120 e. The number of rotatable bonds is 1. The lowest BCUT2D eigenvalue weighted by Crippen LogP contribution is -2.26. The van der Waals surface area contributed by atoms with Crippen molar-refractivity contribution in [2.45, 2.75) is 25.7 Å². The Morgan fingerprint density at radius 1 is 1.33 bits per heavy atom. The molecule has 3 heteroatoms. The van der Waals surface area contributed by atoms with Gasteiger partial charge in [0.25, 0.3) is 0 Å². The summed E-state index contributed by atoms with van der Waals surface area (Å²) in [5.41, 5.74) is 1.94. The van der Waals surface area contributed by atoms with Crippen molar-refractivity contribution in [3.05, 3.63) is 28.3 Å². The van der Waals surface area contributed by atoms with Gasteiger partial charge in [-0.05, 0) is 56.5 Å². The molecule has 1 aliphatic heterocycles. The first-order valence-corrected chi connectivity index (χ1v) is 5.76. The second kappa shape index (κ2) is 4.42. The first-order chi connectivity index (χ1) is 7.18. The lowest BCUT2D eigenvalue weighted by atomic mass is 9.89. The Morgan fingerprint density at radius 2 is 2.00 bits per heavy atom. The summed E-state index contributed by atoms with van der Waals surface area (Å²) >= 11 is 6.19. The van der Waals surface area contributed by atoms with Crippen LogP contribution in [0.2, 0.25) is 5.02 Å². The van der Waals surface area contributed by atoms with E-state index >= 15 is 0 Å². The molecule has 82 valence electrons. The van der Waals surface area contributed by atoms with Crippen molar-refractivity contribution in [3.63, 3.8) is 0 Å². The minimum atomic E-state index is 0.354. The molecular formula is C12H16ClNO. The number of phenols is 1. The molecule has 1 aromatic carbocycles. The summed E-state index contributed by atoms with van der Waals surface area (Å²) in [6.45, 7) is 3.96. The number of hydrogen-bond donors (Lipinski definition) is 2. The molecule has 1 aromatic rings. The Labute approximate surface area is 95.3 Å². The largest absolute Gasteiger partial charge is 0.508 e. The second-order valence-electron chi connectivity index (χ2n) is 4.20. The predicted molar refractivity (Wildman–Crippen MR) is 62.7 cm³/mol. The number of benzene rings is 1. The zero-order valence-electron chi connectivity index (χ0n) is 8.89. The number of nitrogens with one attached hydrogen (secondary N) is 1. The summed E-state index contributed by atoms with van der Waals surface area (Å²) in [5, 5.41) is 13.9. The van der Waals surface area contributed by atoms with Gasteiger partial charge in [-0.15, -0.1) is 0 Å². The van der Waals surface area contributed by atoms with Gasteiger partial charge in [0.2, 0.25) is 0 Å². The van der Waals surface area contributed by atoms with Gasteiger partial charge >= 0.3 is 0 Å². The average molecular weight is 226 g/mol. The Bertz CT molecular complexity index is 336. The van der Waals surface area contributed by atoms with Gasteiger partial charge in [0.05, 0.1) is 0 Å². The number of aromatic hydroxyl groups is 1. The molecule has 1 aliphatic rings. The van der Waals surface area contributed by atoms with Crippen LogP contribution in [0.5, 0.6) is 5.75 Å². The highest BCUT2D eigenvalue weighted by Crippen LogP contribution is 2.37. The molecule has 0 bridgehead atoms. The molecule has 0 unspecified atom stereocenters. The quantitative estimate of drug-likeness (QED) is 0.771. The topological polar surface area (TPSA) is 32.3 Å². The van der Waals surface area contributed by atoms with E-state index in [9.17, 15) is 5.11 Å². The molecule has 1 fully saturated rings. The monoisotopic (exact) mass is 225 g/mol. The fourth-order valence-corrected chi connectivity index (χ4v) is 2.67. The van der Waals surface area contributed by atoms with Crippen LogP contribution in [0.3, 0.4) is 0 Å². The third-order valence-electron chi connectivity index (χ3n) is 3.00. The van der Waals surface area contributed by atoms with Crippen LogP contribution in [-0.4, -0.2) is 18.2 Å². The van der Waals surface area contributed by atoms with Crippen LogP contribution in [0, 0.1) is 6.92 Å². The summed E-state index contributed by atoms with van der Waals surface area (Å²) in [6.07, 6.45) is 2.10. The minimum Gasteiger partial charge on any atom is -0.508 e. The zero-order chi connectivity index (χ0) is 10.8. The number of halogens is 1. The molecule has 0 radical (unpaired) electrons. The van der Waals surface area contributed by atoms with Crippen LogP contribution in [0.15, 0.2) is 12.1 Å². The Kier molecular flexibility index (Phi) is 3.17. The van der Waals surface area contributed by atoms with E-state index in [2.05, 4.69) is 5.32 Å². The summed E-state index contributed by atoms with van der Waals surface area (Å²) in [7, 11) is 0. The Balaban J connectivity index is 2.33. The molecule has 2 rings (SSSR count). The van der Waals surface area contributed by atoms with Crippen LogP contribution in [0.25, 0.3) is 0 Å². The van der Waals surface area contributed by atoms with Gasteiger partial charge in [0.1, 0.15) is 5.75 Å². The van der Waals surface area contributed by atoms with Gasteiger partial charge in [0, 0.05) is 10.6 Å². The van der Waals surface area contributed by atoms with E-state index in [-0.39, 0.29) is 0 Å². The van der Waals surface area contributed by atoms with Crippen molar-refractivity contribution < 1.29 is 5.11 Å². The highest BCUT2D eigenvalue weighted by molar-refractivity contribution is 6.31. The maximum atomic E-state index is 9.92. The normalized spacial score (nSPS) is 18.0. The van der Waals surface area contributed by atoms with Crippen molar-refractivity contribution >= 4 is 11.6 Å². The van der Waals surface area contributed by atoms with E-state index in [4.69, 9.17) is 11.6 Å². The maximum absolute atomic E-state index is 9.92. The van der Waals surface area contributed by atoms with Crippen molar-refractivity contribution in [2.75, 3.05) is 13.1 Å². The van der Waals surface area contributed by atoms with E-state index in [1.807, 2.05) is 13.0 Å². The van der Waals surface area contributed by atoms with Gasteiger partial charge in [0.15, 0.2) is 0 Å². The average Bonchev–Trinajstić information content (AvgIpc) is 2.17. The van der Waals surface area contributed by atoms with Gasteiger partial charge in [-0.3, -0.25) is 0 Å². The van der Waals surface area contributed by atoms with Gasteiger partial charge in [-0.2, -0.15) is 0 Å². The highest BCUT2D eigenvalue weighted by Gasteiger charge is 2.21. The number of piperidine rings is 1. The van der Waals surface area contributed by atoms with Crippen molar-refractivity contribution in [1.29, 1.82) is 0 Å². The molecule has 1 saturated heterocycles. The molecule has 0 amide bonds. The van der Waals surface area contributed by atoms with Gasteiger partial charge in [-0.25, -0.2) is 0 Å². The highest BCUT2D eigenvalue weighted by atomic mass is 35.5. The third kappa shape index (κ3) is 2.27. The first-order valence-electron chi connectivity index (χ1n) is 5.38. The zero-order valence-corrected chi connectivity index (χ0v) is 9.64. The molecule has 0 aliphatic carbocycles. The Hall–Kier alpha value is -0.730. The van der Waals surface area contributed by atoms with Crippen LogP contribution >= 0.6 is 11.6 Å². The predicted octanol–water partition coefficient (Wildman–Crippen LogP) is 2.82. The number of hydrogen-bond acceptors (Lipinski definition) is 2. The standard InChI is InChI=1S/C12H16ClNO/c1-8-6-10(13)12(11(15)7-8)9-2-4-14-5-3-9/h6-7,9,14-15H,2-5H2,1H3. The second-order valence-corrected chi connectivity index (χ2v) is 4.61. The summed E-state index contributed by atoms with van der Waals surface area (Å²) in [6, 6.07) is 3.72. The third-order valence-corrected chi connectivity index (χ3v) is 3.31. The maximum Gasteiger partial charge on any atom is 0.120 e. The van der Waals surface area contributed by atoms with Crippen LogP contribution in [0.1, 0.15) is 29.9 Å². The fraction of sp³-hybridized carbons (Fsp3) is 0.500. The van der Waals surface area contributed by atoms with Crippen molar-refractivity contribution in [1.82, 2.24) is 5.32 Å². The van der Waals surface area contributed by atoms with Gasteiger partial charge in [-0.1, -0.05) is 11.6 Å². The van der Waals surface area contributed by atoms with E-state index in [0.29, 0.717) is 16.7 Å². The van der Waals surface area contributed by atoms with Crippen molar-refractivity contribution in [3.8, 4) is 5.75 Å². The van der Waals surface area contributed by atoms with E-state index in [0.717, 1.165) is 37.1 Å². The molecule has 0 aromatic heterocycles. The molecule has 0 spiro atoms. The molecule has 0 atom stereocenters. The van der Waals surface area contributed by atoms with Crippen LogP contribution < -0.4 is 5.32 Å².